The Morgan fingerprint density at radius 1 is 1.35 bits per heavy atom. The van der Waals surface area contributed by atoms with Crippen LogP contribution in [-0.4, -0.2) is 22.3 Å². The predicted octanol–water partition coefficient (Wildman–Crippen LogP) is 5.09. The maximum absolute atomic E-state index is 13.4. The van der Waals surface area contributed by atoms with Gasteiger partial charge in [-0.2, -0.15) is 0 Å². The molecule has 4 rings (SSSR count). The molecule has 3 aromatic rings. The fourth-order valence-electron chi connectivity index (χ4n) is 3.53. The number of hydrogen-bond acceptors (Lipinski definition) is 4. The summed E-state index contributed by atoms with van der Waals surface area (Å²) in [5, 5.41) is 4.77. The van der Waals surface area contributed by atoms with Gasteiger partial charge >= 0.3 is 0 Å². The lowest BCUT2D eigenvalue weighted by Crippen LogP contribution is -2.40. The van der Waals surface area contributed by atoms with Gasteiger partial charge in [0, 0.05) is 22.4 Å². The van der Waals surface area contributed by atoms with Gasteiger partial charge in [0.1, 0.15) is 10.8 Å². The number of aromatic nitrogens is 1. The van der Waals surface area contributed by atoms with Crippen LogP contribution in [0.4, 0.5) is 4.39 Å². The monoisotopic (exact) mass is 386 g/mol. The number of benzene rings is 1. The van der Waals surface area contributed by atoms with E-state index in [2.05, 4.69) is 23.4 Å². The summed E-state index contributed by atoms with van der Waals surface area (Å²) in [6.45, 7) is 2.90. The Labute approximate surface area is 160 Å². The lowest BCUT2D eigenvalue weighted by atomic mass is 9.97. The normalized spacial score (nSPS) is 16.5. The molecule has 6 heteroatoms. The SMILES string of the molecule is CCC1c2ccsc2CCN1C(=O)Cc1csc(-c2cccc(F)c2)n1. The van der Waals surface area contributed by atoms with Gasteiger partial charge in [0.25, 0.3) is 0 Å². The van der Waals surface area contributed by atoms with Crippen LogP contribution >= 0.6 is 22.7 Å². The van der Waals surface area contributed by atoms with E-state index in [1.807, 2.05) is 16.3 Å². The highest BCUT2D eigenvalue weighted by molar-refractivity contribution is 7.13. The van der Waals surface area contributed by atoms with Crippen LogP contribution < -0.4 is 0 Å². The van der Waals surface area contributed by atoms with Crippen molar-refractivity contribution >= 4 is 28.6 Å². The van der Waals surface area contributed by atoms with Crippen molar-refractivity contribution in [2.75, 3.05) is 6.54 Å². The van der Waals surface area contributed by atoms with Crippen molar-refractivity contribution in [2.45, 2.75) is 32.2 Å². The van der Waals surface area contributed by atoms with E-state index < -0.39 is 0 Å². The summed E-state index contributed by atoms with van der Waals surface area (Å²) in [4.78, 5) is 20.9. The van der Waals surface area contributed by atoms with Crippen LogP contribution in [0.25, 0.3) is 10.6 Å². The molecule has 0 radical (unpaired) electrons. The second-order valence-corrected chi connectivity index (χ2v) is 8.25. The van der Waals surface area contributed by atoms with E-state index in [1.54, 1.807) is 17.4 Å². The van der Waals surface area contributed by atoms with Crippen molar-refractivity contribution in [1.29, 1.82) is 0 Å². The Morgan fingerprint density at radius 2 is 2.23 bits per heavy atom. The van der Waals surface area contributed by atoms with Crippen LogP contribution in [0.3, 0.4) is 0 Å². The molecule has 3 nitrogen and oxygen atoms in total. The zero-order chi connectivity index (χ0) is 18.1. The topological polar surface area (TPSA) is 33.2 Å². The summed E-state index contributed by atoms with van der Waals surface area (Å²) in [6.07, 6.45) is 2.14. The zero-order valence-electron chi connectivity index (χ0n) is 14.4. The summed E-state index contributed by atoms with van der Waals surface area (Å²) >= 11 is 3.23. The van der Waals surface area contributed by atoms with Crippen LogP contribution in [0.1, 0.15) is 35.5 Å². The largest absolute Gasteiger partial charge is 0.335 e. The number of carbonyl (C=O) groups excluding carboxylic acids is 1. The lowest BCUT2D eigenvalue weighted by molar-refractivity contribution is -0.133. The molecule has 0 spiro atoms. The number of nitrogens with zero attached hydrogens (tertiary/aromatic N) is 2. The fraction of sp³-hybridized carbons (Fsp3) is 0.300. The Morgan fingerprint density at radius 3 is 3.04 bits per heavy atom. The Kier molecular flexibility index (Phi) is 4.87. The molecule has 1 aliphatic rings. The van der Waals surface area contributed by atoms with Gasteiger partial charge in [-0.05, 0) is 42.0 Å². The number of carbonyl (C=O) groups is 1. The average molecular weight is 387 g/mol. The maximum Gasteiger partial charge on any atom is 0.229 e. The van der Waals surface area contributed by atoms with Gasteiger partial charge in [-0.1, -0.05) is 19.1 Å². The van der Waals surface area contributed by atoms with Crippen molar-refractivity contribution in [2.24, 2.45) is 0 Å². The van der Waals surface area contributed by atoms with Crippen molar-refractivity contribution in [3.8, 4) is 10.6 Å². The molecule has 0 N–H and O–H groups in total. The van der Waals surface area contributed by atoms with Crippen molar-refractivity contribution in [1.82, 2.24) is 9.88 Å². The molecule has 2 aromatic heterocycles. The molecular weight excluding hydrogens is 367 g/mol. The van der Waals surface area contributed by atoms with Crippen molar-refractivity contribution in [3.63, 3.8) is 0 Å². The molecule has 3 heterocycles. The van der Waals surface area contributed by atoms with E-state index in [4.69, 9.17) is 0 Å². The number of amides is 1. The highest BCUT2D eigenvalue weighted by atomic mass is 32.1. The van der Waals surface area contributed by atoms with Gasteiger partial charge in [0.2, 0.25) is 5.91 Å². The van der Waals surface area contributed by atoms with Gasteiger partial charge in [0.05, 0.1) is 18.2 Å². The molecule has 1 aliphatic heterocycles. The molecule has 0 fully saturated rings. The molecule has 1 amide bonds. The summed E-state index contributed by atoms with van der Waals surface area (Å²) in [5.74, 6) is -0.161. The van der Waals surface area contributed by atoms with Crippen LogP contribution in [0.2, 0.25) is 0 Å². The smallest absolute Gasteiger partial charge is 0.229 e. The van der Waals surface area contributed by atoms with E-state index in [0.29, 0.717) is 6.42 Å². The predicted molar refractivity (Wildman–Crippen MR) is 104 cm³/mol. The maximum atomic E-state index is 13.4. The van der Waals surface area contributed by atoms with E-state index in [0.717, 1.165) is 35.7 Å². The second-order valence-electron chi connectivity index (χ2n) is 6.39. The van der Waals surface area contributed by atoms with Crippen LogP contribution in [-0.2, 0) is 17.6 Å². The minimum Gasteiger partial charge on any atom is -0.335 e. The molecule has 26 heavy (non-hydrogen) atoms. The first-order chi connectivity index (χ1) is 12.7. The van der Waals surface area contributed by atoms with Crippen molar-refractivity contribution in [3.05, 3.63) is 63.0 Å². The first kappa shape index (κ1) is 17.4. The minimum absolute atomic E-state index is 0.116. The highest BCUT2D eigenvalue weighted by Crippen LogP contribution is 2.35. The number of rotatable bonds is 4. The second kappa shape index (κ2) is 7.29. The van der Waals surface area contributed by atoms with Gasteiger partial charge in [-0.15, -0.1) is 22.7 Å². The number of hydrogen-bond donors (Lipinski definition) is 0. The van der Waals surface area contributed by atoms with Crippen LogP contribution in [0, 0.1) is 5.82 Å². The summed E-state index contributed by atoms with van der Waals surface area (Å²) in [6, 6.07) is 8.72. The molecule has 1 unspecified atom stereocenters. The first-order valence-electron chi connectivity index (χ1n) is 8.71. The molecule has 0 bridgehead atoms. The van der Waals surface area contributed by atoms with Gasteiger partial charge < -0.3 is 4.90 Å². The minimum atomic E-state index is -0.277. The summed E-state index contributed by atoms with van der Waals surface area (Å²) in [5.41, 5.74) is 2.81. The standard InChI is InChI=1S/C20H19FN2OS2/c1-2-17-16-7-9-25-18(16)6-8-23(17)19(24)11-15-12-26-20(22-15)13-4-3-5-14(21)10-13/h3-5,7,9-10,12,17H,2,6,8,11H2,1H3. The average Bonchev–Trinajstić information content (AvgIpc) is 3.29. The summed E-state index contributed by atoms with van der Waals surface area (Å²) in [7, 11) is 0. The van der Waals surface area contributed by atoms with Gasteiger partial charge in [-0.25, -0.2) is 9.37 Å². The third-order valence-corrected chi connectivity index (χ3v) is 6.69. The lowest BCUT2D eigenvalue weighted by Gasteiger charge is -2.35. The summed E-state index contributed by atoms with van der Waals surface area (Å²) < 4.78 is 13.4. The molecule has 0 saturated carbocycles. The molecule has 1 atom stereocenters. The molecule has 1 aromatic carbocycles. The Balaban J connectivity index is 1.50. The molecule has 0 aliphatic carbocycles. The Bertz CT molecular complexity index is 933. The third kappa shape index (κ3) is 3.31. The van der Waals surface area contributed by atoms with Crippen molar-refractivity contribution < 1.29 is 9.18 Å². The van der Waals surface area contributed by atoms with Crippen LogP contribution in [0.5, 0.6) is 0 Å². The van der Waals surface area contributed by atoms with Gasteiger partial charge in [0.15, 0.2) is 0 Å². The molecule has 0 saturated heterocycles. The van der Waals surface area contributed by atoms with Gasteiger partial charge in [-0.3, -0.25) is 4.79 Å². The number of thiophene rings is 1. The molecular formula is C20H19FN2OS2. The molecule has 134 valence electrons. The number of fused-ring (bicyclic) bond motifs is 1. The van der Waals surface area contributed by atoms with E-state index in [9.17, 15) is 9.18 Å². The van der Waals surface area contributed by atoms with Crippen LogP contribution in [0.15, 0.2) is 41.1 Å². The van der Waals surface area contributed by atoms with E-state index in [1.165, 1.54) is 33.9 Å². The first-order valence-corrected chi connectivity index (χ1v) is 10.5. The number of thiazole rings is 1. The highest BCUT2D eigenvalue weighted by Gasteiger charge is 2.30. The fourth-order valence-corrected chi connectivity index (χ4v) is 5.28. The van der Waals surface area contributed by atoms with E-state index >= 15 is 0 Å². The third-order valence-electron chi connectivity index (χ3n) is 4.76. The quantitative estimate of drug-likeness (QED) is 0.626. The van der Waals surface area contributed by atoms with E-state index in [-0.39, 0.29) is 17.8 Å². The Hall–Kier alpha value is -2.05. The number of halogens is 1. The zero-order valence-corrected chi connectivity index (χ0v) is 16.1.